The van der Waals surface area contributed by atoms with Gasteiger partial charge in [0.25, 0.3) is 0 Å². The molecule has 6 aromatic rings. The van der Waals surface area contributed by atoms with Gasteiger partial charge >= 0.3 is 12.1 Å². The quantitative estimate of drug-likeness (QED) is 0.114. The molecule has 66 heavy (non-hydrogen) atoms. The maximum atomic E-state index is 12.9. The average molecular weight is 935 g/mol. The molecule has 0 unspecified atom stereocenters. The van der Waals surface area contributed by atoms with Gasteiger partial charge in [-0.25, -0.2) is 26.4 Å². The van der Waals surface area contributed by atoms with E-state index in [0.29, 0.717) is 88.3 Å². The van der Waals surface area contributed by atoms with Crippen molar-refractivity contribution in [3.63, 3.8) is 0 Å². The van der Waals surface area contributed by atoms with E-state index in [-0.39, 0.29) is 12.1 Å². The molecule has 2 aliphatic rings. The molecule has 0 saturated carbocycles. The number of fused-ring (bicyclic) bond motifs is 2. The van der Waals surface area contributed by atoms with Crippen LogP contribution in [0.3, 0.4) is 0 Å². The molecule has 4 heterocycles. The number of sulfonamides is 2. The molecule has 2 aromatic heterocycles. The summed E-state index contributed by atoms with van der Waals surface area (Å²) in [5, 5.41) is 13.4. The van der Waals surface area contributed by atoms with Gasteiger partial charge in [-0.2, -0.15) is 8.61 Å². The number of anilines is 2. The predicted molar refractivity (Wildman–Crippen MR) is 260 cm³/mol. The van der Waals surface area contributed by atoms with Gasteiger partial charge in [-0.1, -0.05) is 66.7 Å². The molecule has 2 fully saturated rings. The lowest BCUT2D eigenvalue weighted by Gasteiger charge is -2.34. The number of urea groups is 2. The van der Waals surface area contributed by atoms with Crippen molar-refractivity contribution in [1.82, 2.24) is 39.0 Å². The van der Waals surface area contributed by atoms with Crippen LogP contribution in [0.5, 0.6) is 0 Å². The summed E-state index contributed by atoms with van der Waals surface area (Å²) in [6.45, 7) is 14.0. The highest BCUT2D eigenvalue weighted by molar-refractivity contribution is 7.89. The zero-order valence-corrected chi connectivity index (χ0v) is 39.5. The van der Waals surface area contributed by atoms with Crippen molar-refractivity contribution < 1.29 is 26.4 Å². The Morgan fingerprint density at radius 3 is 1.47 bits per heavy atom. The first-order chi connectivity index (χ1) is 31.7. The number of benzene rings is 4. The van der Waals surface area contributed by atoms with Crippen molar-refractivity contribution in [3.8, 4) is 0 Å². The fourth-order valence-corrected chi connectivity index (χ4v) is 11.3. The minimum atomic E-state index is -3.48. The van der Waals surface area contributed by atoms with Crippen LogP contribution < -0.4 is 21.3 Å². The summed E-state index contributed by atoms with van der Waals surface area (Å²) in [7, 11) is -6.96. The summed E-state index contributed by atoms with van der Waals surface area (Å²) >= 11 is 0. The summed E-state index contributed by atoms with van der Waals surface area (Å²) in [5.74, 6) is 0. The van der Waals surface area contributed by atoms with E-state index in [1.54, 1.807) is 34.6 Å². The Bertz CT molecular complexity index is 2900. The van der Waals surface area contributed by atoms with Crippen LogP contribution >= 0.6 is 0 Å². The van der Waals surface area contributed by atoms with Crippen LogP contribution in [-0.2, 0) is 20.0 Å². The van der Waals surface area contributed by atoms with E-state index in [0.717, 1.165) is 55.7 Å². The lowest BCUT2D eigenvalue weighted by molar-refractivity contribution is 0.188. The van der Waals surface area contributed by atoms with Gasteiger partial charge in [0.15, 0.2) is 0 Å². The van der Waals surface area contributed by atoms with E-state index in [2.05, 4.69) is 41.0 Å². The number of hydrogen-bond acceptors (Lipinski definition) is 10. The molecule has 0 aliphatic carbocycles. The molecule has 4 amide bonds. The van der Waals surface area contributed by atoms with Crippen molar-refractivity contribution in [2.45, 2.75) is 37.5 Å². The van der Waals surface area contributed by atoms with Gasteiger partial charge in [0.1, 0.15) is 0 Å². The number of aryl methyl sites for hydroxylation is 4. The molecule has 348 valence electrons. The fourth-order valence-electron chi connectivity index (χ4n) is 8.11. The van der Waals surface area contributed by atoms with Crippen molar-refractivity contribution in [2.24, 2.45) is 0 Å². The van der Waals surface area contributed by atoms with Crippen LogP contribution in [-0.4, -0.2) is 136 Å². The van der Waals surface area contributed by atoms with Crippen molar-refractivity contribution in [3.05, 3.63) is 132 Å². The first-order valence-electron chi connectivity index (χ1n) is 22.1. The normalized spacial score (nSPS) is 15.5. The zero-order chi connectivity index (χ0) is 46.8. The standard InChI is InChI=1S/2C24H29N5O3S/c1-18-7-3-6-10-23(18)33(31,32)29-15-13-28(14-16-29)12-11-25-24(30)27-22-17-19(2)26-21-9-5-4-8-20(21)22;1-18-6-5-7-20(16-18)33(31,32)29-14-12-28(13-15-29)11-10-25-24(30)27-23-17-19(2)26-22-9-4-3-8-21(22)23/h3-10,17H,11-16H2,1-2H3,(H2,25,26,27,30);3-9,16-17H,10-15H2,1-2H3,(H2,25,26,27,30). The third-order valence-electron chi connectivity index (χ3n) is 11.6. The smallest absolute Gasteiger partial charge is 0.319 e. The number of carbonyl (C=O) groups is 2. The molecule has 16 nitrogen and oxygen atoms in total. The topological polar surface area (TPSA) is 189 Å². The number of rotatable bonds is 12. The molecule has 2 saturated heterocycles. The number of aromatic nitrogens is 2. The molecule has 18 heteroatoms. The van der Waals surface area contributed by atoms with Gasteiger partial charge in [-0.15, -0.1) is 0 Å². The highest BCUT2D eigenvalue weighted by Gasteiger charge is 2.30. The van der Waals surface area contributed by atoms with Gasteiger partial charge in [-0.3, -0.25) is 19.8 Å². The predicted octanol–water partition coefficient (Wildman–Crippen LogP) is 5.96. The molecule has 2 aliphatic heterocycles. The Balaban J connectivity index is 0.000000196. The minimum Gasteiger partial charge on any atom is -0.337 e. The first kappa shape index (κ1) is 47.9. The van der Waals surface area contributed by atoms with E-state index >= 15 is 0 Å². The molecule has 4 aromatic carbocycles. The van der Waals surface area contributed by atoms with Crippen LogP contribution in [0.2, 0.25) is 0 Å². The van der Waals surface area contributed by atoms with Crippen LogP contribution in [0.1, 0.15) is 22.5 Å². The van der Waals surface area contributed by atoms with Gasteiger partial charge in [0, 0.05) is 101 Å². The van der Waals surface area contributed by atoms with Crippen LogP contribution in [0.4, 0.5) is 21.0 Å². The van der Waals surface area contributed by atoms with E-state index < -0.39 is 20.0 Å². The highest BCUT2D eigenvalue weighted by Crippen LogP contribution is 2.25. The monoisotopic (exact) mass is 934 g/mol. The average Bonchev–Trinajstić information content (AvgIpc) is 3.29. The second-order valence-electron chi connectivity index (χ2n) is 16.5. The lowest BCUT2D eigenvalue weighted by Crippen LogP contribution is -2.50. The second-order valence-corrected chi connectivity index (χ2v) is 20.3. The molecule has 0 bridgehead atoms. The summed E-state index contributed by atoms with van der Waals surface area (Å²) in [6.07, 6.45) is 0. The fraction of sp³-hybridized carbons (Fsp3) is 0.333. The largest absolute Gasteiger partial charge is 0.337 e. The third-order valence-corrected chi connectivity index (χ3v) is 15.6. The molecule has 8 rings (SSSR count). The number of pyridine rings is 2. The van der Waals surface area contributed by atoms with E-state index in [9.17, 15) is 26.4 Å². The Labute approximate surface area is 387 Å². The number of para-hydroxylation sites is 2. The Kier molecular flexibility index (Phi) is 15.6. The number of carbonyl (C=O) groups excluding carboxylic acids is 2. The van der Waals surface area contributed by atoms with Crippen LogP contribution in [0.15, 0.2) is 119 Å². The maximum Gasteiger partial charge on any atom is 0.319 e. The highest BCUT2D eigenvalue weighted by atomic mass is 32.2. The van der Waals surface area contributed by atoms with Crippen molar-refractivity contribution in [2.75, 3.05) is 89.2 Å². The molecular weight excluding hydrogens is 877 g/mol. The van der Waals surface area contributed by atoms with E-state index in [1.165, 1.54) is 4.31 Å². The van der Waals surface area contributed by atoms with Gasteiger partial charge < -0.3 is 21.3 Å². The van der Waals surface area contributed by atoms with Gasteiger partial charge in [0.2, 0.25) is 20.0 Å². The van der Waals surface area contributed by atoms with E-state index in [4.69, 9.17) is 0 Å². The number of hydrogen-bond donors (Lipinski definition) is 4. The third kappa shape index (κ3) is 12.1. The van der Waals surface area contributed by atoms with Crippen LogP contribution in [0, 0.1) is 27.7 Å². The number of nitrogens with zero attached hydrogens (tertiary/aromatic N) is 6. The molecule has 4 N–H and O–H groups in total. The van der Waals surface area contributed by atoms with Crippen molar-refractivity contribution in [1.29, 1.82) is 0 Å². The number of amides is 4. The number of nitrogens with one attached hydrogen (secondary N) is 4. The van der Waals surface area contributed by atoms with Gasteiger partial charge in [0.05, 0.1) is 32.2 Å². The maximum absolute atomic E-state index is 12.9. The zero-order valence-electron chi connectivity index (χ0n) is 37.8. The number of piperazine rings is 2. The SMILES string of the molecule is Cc1cc(NC(=O)NCCN2CCN(S(=O)(=O)c3ccccc3C)CC2)c2ccccc2n1.Cc1cccc(S(=O)(=O)N2CCN(CCNC(=O)Nc3cc(C)nc4ccccc34)CC2)c1. The Morgan fingerprint density at radius 2 is 0.985 bits per heavy atom. The minimum absolute atomic E-state index is 0.272. The molecule has 0 atom stereocenters. The summed E-state index contributed by atoms with van der Waals surface area (Å²) in [5.41, 5.74) is 6.49. The Morgan fingerprint density at radius 1 is 0.530 bits per heavy atom. The first-order valence-corrected chi connectivity index (χ1v) is 25.0. The van der Waals surface area contributed by atoms with E-state index in [1.807, 2.05) is 107 Å². The van der Waals surface area contributed by atoms with Crippen LogP contribution in [0.25, 0.3) is 21.8 Å². The second kappa shape index (κ2) is 21.5. The van der Waals surface area contributed by atoms with Crippen molar-refractivity contribution >= 4 is 65.3 Å². The van der Waals surface area contributed by atoms with Gasteiger partial charge in [-0.05, 0) is 81.3 Å². The summed E-state index contributed by atoms with van der Waals surface area (Å²) in [6, 6.07) is 32.6. The molecular formula is C48H58N10O6S2. The lowest BCUT2D eigenvalue weighted by atomic mass is 10.1. The molecule has 0 radical (unpaired) electrons. The molecule has 0 spiro atoms. The summed E-state index contributed by atoms with van der Waals surface area (Å²) < 4.78 is 54.7. The summed E-state index contributed by atoms with van der Waals surface area (Å²) in [4.78, 5) is 38.9. The Hall–Kier alpha value is -6.02.